The van der Waals surface area contributed by atoms with Gasteiger partial charge in [0.2, 0.25) is 0 Å². The molecule has 1 heterocycles. The highest BCUT2D eigenvalue weighted by Gasteiger charge is 2.11. The number of hydrogen-bond donors (Lipinski definition) is 2. The summed E-state index contributed by atoms with van der Waals surface area (Å²) in [6.07, 6.45) is 2.26. The second-order valence-corrected chi connectivity index (χ2v) is 4.36. The standard InChI is InChI=1S/C12H20N4O2/c1-10(9-11(13)14-18)15(2)7-8-16-6-4-3-5-12(16)17/h3-6,10,18H,7-9H2,1-2H3,(H2,13,14). The van der Waals surface area contributed by atoms with Crippen LogP contribution in [0.1, 0.15) is 13.3 Å². The van der Waals surface area contributed by atoms with Crippen LogP contribution in [0.3, 0.4) is 0 Å². The summed E-state index contributed by atoms with van der Waals surface area (Å²) in [5.74, 6) is 0.214. The summed E-state index contributed by atoms with van der Waals surface area (Å²) in [6.45, 7) is 3.34. The van der Waals surface area contributed by atoms with E-state index in [4.69, 9.17) is 10.9 Å². The lowest BCUT2D eigenvalue weighted by Crippen LogP contribution is -2.36. The maximum absolute atomic E-state index is 11.5. The summed E-state index contributed by atoms with van der Waals surface area (Å²) in [6, 6.07) is 5.25. The van der Waals surface area contributed by atoms with Gasteiger partial charge in [0.1, 0.15) is 5.84 Å². The van der Waals surface area contributed by atoms with Crippen molar-refractivity contribution in [1.29, 1.82) is 0 Å². The van der Waals surface area contributed by atoms with Crippen LogP contribution in [0.2, 0.25) is 0 Å². The Morgan fingerprint density at radius 2 is 2.33 bits per heavy atom. The zero-order chi connectivity index (χ0) is 13.5. The number of likely N-dealkylation sites (N-methyl/N-ethyl adjacent to an activating group) is 1. The van der Waals surface area contributed by atoms with Crippen LogP contribution in [0.5, 0.6) is 0 Å². The summed E-state index contributed by atoms with van der Waals surface area (Å²) >= 11 is 0. The molecule has 18 heavy (non-hydrogen) atoms. The molecule has 0 saturated carbocycles. The predicted molar refractivity (Wildman–Crippen MR) is 70.8 cm³/mol. The number of amidine groups is 1. The molecule has 6 heteroatoms. The average molecular weight is 252 g/mol. The summed E-state index contributed by atoms with van der Waals surface area (Å²) in [7, 11) is 1.95. The van der Waals surface area contributed by atoms with Gasteiger partial charge in [0.25, 0.3) is 5.56 Å². The van der Waals surface area contributed by atoms with Crippen molar-refractivity contribution < 1.29 is 5.21 Å². The quantitative estimate of drug-likeness (QED) is 0.330. The molecule has 0 aliphatic rings. The molecule has 0 radical (unpaired) electrons. The van der Waals surface area contributed by atoms with Crippen LogP contribution < -0.4 is 11.3 Å². The first-order valence-corrected chi connectivity index (χ1v) is 5.86. The van der Waals surface area contributed by atoms with E-state index in [1.54, 1.807) is 22.9 Å². The number of pyridine rings is 1. The van der Waals surface area contributed by atoms with Crippen molar-refractivity contribution in [1.82, 2.24) is 9.47 Å². The summed E-state index contributed by atoms with van der Waals surface area (Å²) in [4.78, 5) is 13.6. The maximum atomic E-state index is 11.5. The molecule has 0 saturated heterocycles. The van der Waals surface area contributed by atoms with Crippen LogP contribution in [0.25, 0.3) is 0 Å². The molecule has 1 aromatic rings. The molecule has 100 valence electrons. The lowest BCUT2D eigenvalue weighted by atomic mass is 10.2. The maximum Gasteiger partial charge on any atom is 0.250 e. The fourth-order valence-electron chi connectivity index (χ4n) is 1.63. The Morgan fingerprint density at radius 1 is 1.61 bits per heavy atom. The van der Waals surface area contributed by atoms with E-state index in [0.29, 0.717) is 13.0 Å². The van der Waals surface area contributed by atoms with Gasteiger partial charge in [0, 0.05) is 37.8 Å². The fraction of sp³-hybridized carbons (Fsp3) is 0.500. The average Bonchev–Trinajstić information content (AvgIpc) is 2.37. The summed E-state index contributed by atoms with van der Waals surface area (Å²) in [5, 5.41) is 11.5. The lowest BCUT2D eigenvalue weighted by Gasteiger charge is -2.24. The van der Waals surface area contributed by atoms with E-state index in [-0.39, 0.29) is 17.4 Å². The van der Waals surface area contributed by atoms with Gasteiger partial charge in [-0.15, -0.1) is 0 Å². The highest BCUT2D eigenvalue weighted by Crippen LogP contribution is 2.01. The van der Waals surface area contributed by atoms with Crippen LogP contribution in [0, 0.1) is 0 Å². The Labute approximate surface area is 106 Å². The predicted octanol–water partition coefficient (Wildman–Crippen LogP) is 0.305. The molecule has 1 unspecified atom stereocenters. The second kappa shape index (κ2) is 6.80. The smallest absolute Gasteiger partial charge is 0.250 e. The summed E-state index contributed by atoms with van der Waals surface area (Å²) in [5.41, 5.74) is 5.46. The molecule has 1 atom stereocenters. The lowest BCUT2D eigenvalue weighted by molar-refractivity contribution is 0.248. The molecule has 3 N–H and O–H groups in total. The Hall–Kier alpha value is -1.82. The van der Waals surface area contributed by atoms with Gasteiger partial charge in [-0.25, -0.2) is 0 Å². The van der Waals surface area contributed by atoms with Crippen LogP contribution in [-0.2, 0) is 6.54 Å². The molecule has 0 aromatic carbocycles. The zero-order valence-corrected chi connectivity index (χ0v) is 10.8. The minimum atomic E-state index is -0.00464. The number of hydrogen-bond acceptors (Lipinski definition) is 4. The number of oxime groups is 1. The van der Waals surface area contributed by atoms with Crippen LogP contribution in [0.15, 0.2) is 34.3 Å². The topological polar surface area (TPSA) is 83.8 Å². The van der Waals surface area contributed by atoms with Gasteiger partial charge in [0.05, 0.1) is 0 Å². The number of aromatic nitrogens is 1. The Balaban J connectivity index is 2.48. The van der Waals surface area contributed by atoms with Crippen molar-refractivity contribution >= 4 is 5.84 Å². The van der Waals surface area contributed by atoms with Gasteiger partial charge in [0.15, 0.2) is 0 Å². The van der Waals surface area contributed by atoms with Gasteiger partial charge in [-0.1, -0.05) is 11.2 Å². The Morgan fingerprint density at radius 3 is 2.94 bits per heavy atom. The molecule has 0 spiro atoms. The second-order valence-electron chi connectivity index (χ2n) is 4.36. The molecule has 6 nitrogen and oxygen atoms in total. The molecule has 1 rings (SSSR count). The summed E-state index contributed by atoms with van der Waals surface area (Å²) < 4.78 is 1.66. The minimum absolute atomic E-state index is 0.00464. The fourth-order valence-corrected chi connectivity index (χ4v) is 1.63. The minimum Gasteiger partial charge on any atom is -0.409 e. The van der Waals surface area contributed by atoms with E-state index in [9.17, 15) is 4.79 Å². The zero-order valence-electron chi connectivity index (χ0n) is 10.8. The SMILES string of the molecule is CC(C/C(N)=N/O)N(C)CCn1ccccc1=O. The molecule has 0 fully saturated rings. The van der Waals surface area contributed by atoms with E-state index in [0.717, 1.165) is 6.54 Å². The van der Waals surface area contributed by atoms with Crippen LogP contribution in [-0.4, -0.2) is 40.1 Å². The van der Waals surface area contributed by atoms with Crippen LogP contribution >= 0.6 is 0 Å². The monoisotopic (exact) mass is 252 g/mol. The van der Waals surface area contributed by atoms with Gasteiger partial charge in [-0.3, -0.25) is 4.79 Å². The van der Waals surface area contributed by atoms with Crippen molar-refractivity contribution in [2.45, 2.75) is 25.9 Å². The van der Waals surface area contributed by atoms with E-state index < -0.39 is 0 Å². The van der Waals surface area contributed by atoms with Gasteiger partial charge >= 0.3 is 0 Å². The van der Waals surface area contributed by atoms with E-state index in [1.165, 1.54) is 0 Å². The van der Waals surface area contributed by atoms with Gasteiger partial charge in [-0.05, 0) is 20.0 Å². The first kappa shape index (κ1) is 14.2. The van der Waals surface area contributed by atoms with Crippen LogP contribution in [0.4, 0.5) is 0 Å². The van der Waals surface area contributed by atoms with Crippen molar-refractivity contribution in [3.8, 4) is 0 Å². The first-order valence-electron chi connectivity index (χ1n) is 5.86. The van der Waals surface area contributed by atoms with Crippen molar-refractivity contribution in [3.63, 3.8) is 0 Å². The largest absolute Gasteiger partial charge is 0.409 e. The molecule has 1 aromatic heterocycles. The molecular weight excluding hydrogens is 232 g/mol. The number of nitrogens with zero attached hydrogens (tertiary/aromatic N) is 3. The van der Waals surface area contributed by atoms with Crippen molar-refractivity contribution in [3.05, 3.63) is 34.7 Å². The Kier molecular flexibility index (Phi) is 5.38. The van der Waals surface area contributed by atoms with Gasteiger partial charge in [-0.2, -0.15) is 0 Å². The molecular formula is C12H20N4O2. The highest BCUT2D eigenvalue weighted by atomic mass is 16.4. The Bertz CT molecular complexity index is 455. The molecule has 0 aliphatic carbocycles. The molecule has 0 bridgehead atoms. The number of rotatable bonds is 6. The van der Waals surface area contributed by atoms with E-state index in [1.807, 2.05) is 20.0 Å². The third-order valence-electron chi connectivity index (χ3n) is 2.98. The molecule has 0 aliphatic heterocycles. The number of nitrogens with two attached hydrogens (primary N) is 1. The van der Waals surface area contributed by atoms with Gasteiger partial charge < -0.3 is 20.4 Å². The first-order chi connectivity index (χ1) is 8.54. The van der Waals surface area contributed by atoms with Crippen molar-refractivity contribution in [2.75, 3.05) is 13.6 Å². The normalized spacial score (nSPS) is 13.8. The van der Waals surface area contributed by atoms with E-state index in [2.05, 4.69) is 10.1 Å². The third-order valence-corrected chi connectivity index (χ3v) is 2.98. The molecule has 0 amide bonds. The third kappa shape index (κ3) is 4.21. The van der Waals surface area contributed by atoms with E-state index >= 15 is 0 Å². The van der Waals surface area contributed by atoms with Crippen molar-refractivity contribution in [2.24, 2.45) is 10.9 Å². The highest BCUT2D eigenvalue weighted by molar-refractivity contribution is 5.80.